The van der Waals surface area contributed by atoms with Gasteiger partial charge in [-0.05, 0) is 49.2 Å². The van der Waals surface area contributed by atoms with Crippen LogP contribution in [-0.2, 0) is 4.79 Å². The first-order valence-electron chi connectivity index (χ1n) is 9.09. The number of carbonyl (C=O) groups excluding carboxylic acids is 2. The van der Waals surface area contributed by atoms with Gasteiger partial charge >= 0.3 is 0 Å². The number of ether oxygens (including phenoxy) is 2. The Hall–Kier alpha value is -3.09. The summed E-state index contributed by atoms with van der Waals surface area (Å²) >= 11 is 0. The van der Waals surface area contributed by atoms with E-state index in [-0.39, 0.29) is 23.5 Å². The molecule has 2 aromatic rings. The van der Waals surface area contributed by atoms with E-state index in [9.17, 15) is 14.0 Å². The van der Waals surface area contributed by atoms with Gasteiger partial charge in [-0.2, -0.15) is 0 Å². The molecule has 2 amide bonds. The Bertz CT molecular complexity index is 846. The van der Waals surface area contributed by atoms with Crippen molar-refractivity contribution in [1.82, 2.24) is 4.90 Å². The molecule has 1 saturated heterocycles. The van der Waals surface area contributed by atoms with E-state index in [1.165, 1.54) is 31.4 Å². The van der Waals surface area contributed by atoms with E-state index in [0.29, 0.717) is 48.7 Å². The third-order valence-corrected chi connectivity index (χ3v) is 4.90. The second-order valence-electron chi connectivity index (χ2n) is 6.63. The van der Waals surface area contributed by atoms with Gasteiger partial charge in [0.15, 0.2) is 11.5 Å². The highest BCUT2D eigenvalue weighted by Gasteiger charge is 2.28. The minimum Gasteiger partial charge on any atom is -0.493 e. The highest BCUT2D eigenvalue weighted by Crippen LogP contribution is 2.30. The molecule has 1 aliphatic heterocycles. The van der Waals surface area contributed by atoms with Crippen LogP contribution >= 0.6 is 0 Å². The number of nitrogens with zero attached hydrogens (tertiary/aromatic N) is 1. The summed E-state index contributed by atoms with van der Waals surface area (Å²) in [5, 5.41) is 2.90. The molecule has 0 bridgehead atoms. The molecule has 3 rings (SSSR count). The standard InChI is InChI=1S/C21H23FN2O4/c1-27-18-8-7-17(13-19(18)28-2)23-20(25)14-9-11-24(12-10-14)21(26)15-3-5-16(22)6-4-15/h3-8,13-14H,9-12H2,1-2H3,(H,23,25). The Labute approximate surface area is 163 Å². The molecular formula is C21H23FN2O4. The molecule has 0 aromatic heterocycles. The lowest BCUT2D eigenvalue weighted by molar-refractivity contribution is -0.121. The van der Waals surface area contributed by atoms with Crippen LogP contribution in [0.2, 0.25) is 0 Å². The average Bonchev–Trinajstić information content (AvgIpc) is 2.73. The van der Waals surface area contributed by atoms with Crippen molar-refractivity contribution in [3.63, 3.8) is 0 Å². The highest BCUT2D eigenvalue weighted by atomic mass is 19.1. The van der Waals surface area contributed by atoms with Crippen molar-refractivity contribution in [1.29, 1.82) is 0 Å². The molecule has 0 atom stereocenters. The number of piperidine rings is 1. The predicted octanol–water partition coefficient (Wildman–Crippen LogP) is 3.33. The number of halogens is 1. The first-order valence-corrected chi connectivity index (χ1v) is 9.09. The summed E-state index contributed by atoms with van der Waals surface area (Å²) in [7, 11) is 3.09. The third kappa shape index (κ3) is 4.42. The van der Waals surface area contributed by atoms with E-state index in [1.54, 1.807) is 30.2 Å². The summed E-state index contributed by atoms with van der Waals surface area (Å²) < 4.78 is 23.5. The van der Waals surface area contributed by atoms with E-state index in [2.05, 4.69) is 5.32 Å². The van der Waals surface area contributed by atoms with Crippen LogP contribution in [-0.4, -0.2) is 44.0 Å². The van der Waals surface area contributed by atoms with Crippen molar-refractivity contribution >= 4 is 17.5 Å². The number of nitrogens with one attached hydrogen (secondary N) is 1. The van der Waals surface area contributed by atoms with Gasteiger partial charge in [0.2, 0.25) is 5.91 Å². The molecule has 1 N–H and O–H groups in total. The number of amides is 2. The van der Waals surface area contributed by atoms with Gasteiger partial charge in [0.25, 0.3) is 5.91 Å². The van der Waals surface area contributed by atoms with E-state index in [4.69, 9.17) is 9.47 Å². The molecule has 0 unspecified atom stereocenters. The number of rotatable bonds is 5. The molecule has 7 heteroatoms. The lowest BCUT2D eigenvalue weighted by Crippen LogP contribution is -2.41. The van der Waals surface area contributed by atoms with Crippen LogP contribution in [0.4, 0.5) is 10.1 Å². The molecule has 0 radical (unpaired) electrons. The smallest absolute Gasteiger partial charge is 0.253 e. The average molecular weight is 386 g/mol. The summed E-state index contributed by atoms with van der Waals surface area (Å²) in [5.41, 5.74) is 1.09. The van der Waals surface area contributed by atoms with Crippen molar-refractivity contribution in [2.75, 3.05) is 32.6 Å². The number of carbonyl (C=O) groups is 2. The molecule has 2 aromatic carbocycles. The van der Waals surface area contributed by atoms with Gasteiger partial charge in [0.05, 0.1) is 14.2 Å². The highest BCUT2D eigenvalue weighted by molar-refractivity contribution is 5.95. The van der Waals surface area contributed by atoms with Crippen LogP contribution in [0.3, 0.4) is 0 Å². The number of hydrogen-bond acceptors (Lipinski definition) is 4. The van der Waals surface area contributed by atoms with Crippen LogP contribution < -0.4 is 14.8 Å². The van der Waals surface area contributed by atoms with E-state index < -0.39 is 0 Å². The van der Waals surface area contributed by atoms with Gasteiger partial charge in [-0.15, -0.1) is 0 Å². The van der Waals surface area contributed by atoms with Crippen LogP contribution in [0, 0.1) is 11.7 Å². The van der Waals surface area contributed by atoms with Crippen molar-refractivity contribution in [3.8, 4) is 11.5 Å². The molecule has 0 saturated carbocycles. The van der Waals surface area contributed by atoms with Crippen LogP contribution in [0.1, 0.15) is 23.2 Å². The third-order valence-electron chi connectivity index (χ3n) is 4.90. The number of hydrogen-bond donors (Lipinski definition) is 1. The molecule has 1 aliphatic rings. The van der Waals surface area contributed by atoms with Crippen LogP contribution in [0.25, 0.3) is 0 Å². The molecule has 1 fully saturated rings. The Balaban J connectivity index is 1.56. The Morgan fingerprint density at radius 3 is 2.25 bits per heavy atom. The van der Waals surface area contributed by atoms with Gasteiger partial charge in [0.1, 0.15) is 5.82 Å². The maximum atomic E-state index is 13.0. The lowest BCUT2D eigenvalue weighted by Gasteiger charge is -2.31. The second-order valence-corrected chi connectivity index (χ2v) is 6.63. The second kappa shape index (κ2) is 8.73. The van der Waals surface area contributed by atoms with Gasteiger partial charge < -0.3 is 19.7 Å². The van der Waals surface area contributed by atoms with Gasteiger partial charge in [0, 0.05) is 36.3 Å². The molecule has 0 spiro atoms. The number of likely N-dealkylation sites (tertiary alicyclic amines) is 1. The Kier molecular flexibility index (Phi) is 6.13. The van der Waals surface area contributed by atoms with Crippen molar-refractivity contribution in [2.24, 2.45) is 5.92 Å². The first-order chi connectivity index (χ1) is 13.5. The largest absolute Gasteiger partial charge is 0.493 e. The first kappa shape index (κ1) is 19.7. The minimum absolute atomic E-state index is 0.0823. The lowest BCUT2D eigenvalue weighted by atomic mass is 9.95. The summed E-state index contributed by atoms with van der Waals surface area (Å²) in [6.07, 6.45) is 1.15. The van der Waals surface area contributed by atoms with Crippen LogP contribution in [0.15, 0.2) is 42.5 Å². The number of methoxy groups -OCH3 is 2. The van der Waals surface area contributed by atoms with E-state index in [1.807, 2.05) is 0 Å². The summed E-state index contributed by atoms with van der Waals surface area (Å²) in [4.78, 5) is 26.8. The maximum absolute atomic E-state index is 13.0. The van der Waals surface area contributed by atoms with Gasteiger partial charge in [-0.25, -0.2) is 4.39 Å². The predicted molar refractivity (Wildman–Crippen MR) is 103 cm³/mol. The monoisotopic (exact) mass is 386 g/mol. The molecule has 1 heterocycles. The fourth-order valence-corrected chi connectivity index (χ4v) is 3.28. The molecule has 6 nitrogen and oxygen atoms in total. The molecule has 0 aliphatic carbocycles. The summed E-state index contributed by atoms with van der Waals surface area (Å²) in [6.45, 7) is 0.973. The zero-order valence-electron chi connectivity index (χ0n) is 15.9. The maximum Gasteiger partial charge on any atom is 0.253 e. The van der Waals surface area contributed by atoms with Crippen molar-refractivity contribution < 1.29 is 23.5 Å². The molecule has 28 heavy (non-hydrogen) atoms. The van der Waals surface area contributed by atoms with Crippen molar-refractivity contribution in [3.05, 3.63) is 53.8 Å². The van der Waals surface area contributed by atoms with E-state index in [0.717, 1.165) is 0 Å². The number of anilines is 1. The zero-order valence-corrected chi connectivity index (χ0v) is 15.9. The van der Waals surface area contributed by atoms with Gasteiger partial charge in [-0.1, -0.05) is 0 Å². The Morgan fingerprint density at radius 1 is 1.00 bits per heavy atom. The van der Waals surface area contributed by atoms with Crippen molar-refractivity contribution in [2.45, 2.75) is 12.8 Å². The zero-order chi connectivity index (χ0) is 20.1. The topological polar surface area (TPSA) is 67.9 Å². The normalized spacial score (nSPS) is 14.5. The van der Waals surface area contributed by atoms with Gasteiger partial charge in [-0.3, -0.25) is 9.59 Å². The SMILES string of the molecule is COc1ccc(NC(=O)C2CCN(C(=O)c3ccc(F)cc3)CC2)cc1OC. The fraction of sp³-hybridized carbons (Fsp3) is 0.333. The molecule has 148 valence electrons. The fourth-order valence-electron chi connectivity index (χ4n) is 3.28. The minimum atomic E-state index is -0.373. The van der Waals surface area contributed by atoms with E-state index >= 15 is 0 Å². The Morgan fingerprint density at radius 2 is 1.64 bits per heavy atom. The summed E-state index contributed by atoms with van der Waals surface area (Å²) in [6, 6.07) is 10.7. The van der Waals surface area contributed by atoms with Crippen LogP contribution in [0.5, 0.6) is 11.5 Å². The summed E-state index contributed by atoms with van der Waals surface area (Å²) in [5.74, 6) is 0.362. The number of benzene rings is 2. The molecular weight excluding hydrogens is 363 g/mol. The quantitative estimate of drug-likeness (QED) is 0.856.